The van der Waals surface area contributed by atoms with Crippen molar-refractivity contribution in [1.82, 2.24) is 0 Å². The molecule has 0 spiro atoms. The van der Waals surface area contributed by atoms with Crippen LogP contribution in [-0.4, -0.2) is 35.0 Å². The van der Waals surface area contributed by atoms with E-state index in [0.717, 1.165) is 0 Å². The van der Waals surface area contributed by atoms with E-state index in [4.69, 9.17) is 5.73 Å². The Morgan fingerprint density at radius 3 is 1.55 bits per heavy atom. The number of hydrogen-bond donors (Lipinski definition) is 2. The van der Waals surface area contributed by atoms with E-state index in [9.17, 15) is 23.9 Å². The highest BCUT2D eigenvalue weighted by atomic mass is 19.2. The summed E-state index contributed by atoms with van der Waals surface area (Å²) in [6.07, 6.45) is 1.55. The zero-order chi connectivity index (χ0) is 16.0. The first-order chi connectivity index (χ1) is 9.11. The minimum atomic E-state index is -4.18. The number of nitrogens with two attached hydrogens (primary N) is 1. The molecule has 9 heteroatoms. The molecule has 0 saturated carbocycles. The topological polar surface area (TPSA) is 125 Å². The molecule has 0 fully saturated rings. The molecule has 1 atom stereocenters. The first-order valence-corrected chi connectivity index (χ1v) is 4.88. The number of rotatable bonds is 7. The minimum absolute atomic E-state index is 0.482. The summed E-state index contributed by atoms with van der Waals surface area (Å²) < 4.78 is 26.0. The summed E-state index contributed by atoms with van der Waals surface area (Å²) in [6.45, 7) is 8.91. The number of ether oxygens (including phenoxy) is 3. The summed E-state index contributed by atoms with van der Waals surface area (Å²) in [5.74, 6) is -7.67. The molecule has 0 rings (SSSR count). The molecule has 8 nitrogen and oxygen atoms in total. The highest BCUT2D eigenvalue weighted by Gasteiger charge is 2.60. The molecule has 0 aliphatic heterocycles. The molecule has 3 N–H and O–H groups in total. The normalized spacial score (nSPS) is 13.3. The molecule has 0 bridgehead atoms. The van der Waals surface area contributed by atoms with Gasteiger partial charge in [-0.2, -0.15) is 4.39 Å². The van der Waals surface area contributed by atoms with Crippen LogP contribution in [-0.2, 0) is 28.6 Å². The standard InChI is InChI=1S/C11H12FNO7/c1-4-7(14)18-10(12,17)11(13,19-8(15)5-2)20-9(16)6-3/h4-6,17H,1-3,13H2. The van der Waals surface area contributed by atoms with Gasteiger partial charge in [-0.3, -0.25) is 0 Å². The lowest BCUT2D eigenvalue weighted by molar-refractivity contribution is -0.409. The van der Waals surface area contributed by atoms with Gasteiger partial charge in [0.15, 0.2) is 0 Å². The van der Waals surface area contributed by atoms with E-state index in [1.54, 1.807) is 0 Å². The van der Waals surface area contributed by atoms with Crippen LogP contribution < -0.4 is 5.73 Å². The molecule has 0 aromatic heterocycles. The van der Waals surface area contributed by atoms with Crippen molar-refractivity contribution in [2.75, 3.05) is 0 Å². The van der Waals surface area contributed by atoms with Crippen LogP contribution in [0.25, 0.3) is 0 Å². The number of carbonyl (C=O) groups is 3. The number of hydrogen-bond acceptors (Lipinski definition) is 8. The second-order valence-corrected chi connectivity index (χ2v) is 3.10. The molecule has 0 aliphatic carbocycles. The molecule has 0 amide bonds. The van der Waals surface area contributed by atoms with Crippen molar-refractivity contribution in [2.45, 2.75) is 12.0 Å². The van der Waals surface area contributed by atoms with Gasteiger partial charge in [-0.25, -0.2) is 20.1 Å². The summed E-state index contributed by atoms with van der Waals surface area (Å²) in [5.41, 5.74) is 5.11. The number of halogens is 1. The van der Waals surface area contributed by atoms with E-state index in [2.05, 4.69) is 33.9 Å². The first-order valence-electron chi connectivity index (χ1n) is 4.88. The number of carbonyl (C=O) groups excluding carboxylic acids is 3. The van der Waals surface area contributed by atoms with Crippen molar-refractivity contribution in [1.29, 1.82) is 0 Å². The fourth-order valence-electron chi connectivity index (χ4n) is 0.775. The molecule has 20 heavy (non-hydrogen) atoms. The molecule has 0 aromatic carbocycles. The molecule has 0 aromatic rings. The van der Waals surface area contributed by atoms with Crippen LogP contribution >= 0.6 is 0 Å². The van der Waals surface area contributed by atoms with Crippen LogP contribution in [0.3, 0.4) is 0 Å². The summed E-state index contributed by atoms with van der Waals surface area (Å²) in [5, 5.41) is 9.32. The molecule has 0 radical (unpaired) electrons. The zero-order valence-electron chi connectivity index (χ0n) is 10.2. The molecule has 0 heterocycles. The van der Waals surface area contributed by atoms with Gasteiger partial charge in [-0.1, -0.05) is 19.7 Å². The second kappa shape index (κ2) is 6.59. The molecular weight excluding hydrogens is 277 g/mol. The summed E-state index contributed by atoms with van der Waals surface area (Å²) in [7, 11) is 0. The Hall–Kier alpha value is -2.52. The Morgan fingerprint density at radius 2 is 1.25 bits per heavy atom. The Labute approximate surface area is 112 Å². The molecular formula is C11H12FNO7. The van der Waals surface area contributed by atoms with Gasteiger partial charge in [-0.05, 0) is 0 Å². The average molecular weight is 289 g/mol. The number of aliphatic hydroxyl groups is 1. The molecule has 0 saturated heterocycles. The predicted octanol–water partition coefficient (Wildman–Crippen LogP) is -0.598. The predicted molar refractivity (Wildman–Crippen MR) is 61.8 cm³/mol. The Morgan fingerprint density at radius 1 is 0.950 bits per heavy atom. The van der Waals surface area contributed by atoms with Gasteiger partial charge in [-0.15, -0.1) is 0 Å². The van der Waals surface area contributed by atoms with Gasteiger partial charge < -0.3 is 19.3 Å². The summed E-state index contributed by atoms with van der Waals surface area (Å²) in [6, 6.07) is -4.18. The van der Waals surface area contributed by atoms with Crippen LogP contribution in [0, 0.1) is 0 Å². The quantitative estimate of drug-likeness (QED) is 0.361. The third-order valence-electron chi connectivity index (χ3n) is 1.67. The molecule has 0 aliphatic rings. The number of esters is 3. The van der Waals surface area contributed by atoms with E-state index in [0.29, 0.717) is 18.2 Å². The maximum absolute atomic E-state index is 13.9. The lowest BCUT2D eigenvalue weighted by atomic mass is 10.4. The van der Waals surface area contributed by atoms with Crippen molar-refractivity contribution in [3.05, 3.63) is 38.0 Å². The lowest BCUT2D eigenvalue weighted by Gasteiger charge is -2.33. The van der Waals surface area contributed by atoms with E-state index < -0.39 is 29.9 Å². The third kappa shape index (κ3) is 4.30. The monoisotopic (exact) mass is 289 g/mol. The zero-order valence-corrected chi connectivity index (χ0v) is 10.2. The minimum Gasteiger partial charge on any atom is -0.397 e. The summed E-state index contributed by atoms with van der Waals surface area (Å²) >= 11 is 0. The van der Waals surface area contributed by atoms with Crippen LogP contribution in [0.4, 0.5) is 4.39 Å². The van der Waals surface area contributed by atoms with Crippen molar-refractivity contribution in [3.63, 3.8) is 0 Å². The van der Waals surface area contributed by atoms with Crippen molar-refractivity contribution < 1.29 is 38.1 Å². The van der Waals surface area contributed by atoms with Gasteiger partial charge >= 0.3 is 29.9 Å². The van der Waals surface area contributed by atoms with Gasteiger partial charge in [0.1, 0.15) is 0 Å². The number of alkyl halides is 1. The largest absolute Gasteiger partial charge is 0.461 e. The Kier molecular flexibility index (Phi) is 5.76. The second-order valence-electron chi connectivity index (χ2n) is 3.10. The van der Waals surface area contributed by atoms with E-state index in [1.807, 2.05) is 0 Å². The highest BCUT2D eigenvalue weighted by molar-refractivity contribution is 5.84. The maximum atomic E-state index is 13.9. The third-order valence-corrected chi connectivity index (χ3v) is 1.67. The van der Waals surface area contributed by atoms with Crippen LogP contribution in [0.2, 0.25) is 0 Å². The van der Waals surface area contributed by atoms with Gasteiger partial charge in [0, 0.05) is 18.2 Å². The first kappa shape index (κ1) is 17.5. The fraction of sp³-hybridized carbons (Fsp3) is 0.182. The van der Waals surface area contributed by atoms with Crippen molar-refractivity contribution >= 4 is 17.9 Å². The lowest BCUT2D eigenvalue weighted by Crippen LogP contribution is -2.65. The molecule has 1 unspecified atom stereocenters. The SMILES string of the molecule is C=CC(=O)OC(O)(F)C(N)(OC(=O)C=C)OC(=O)C=C. The van der Waals surface area contributed by atoms with E-state index in [1.165, 1.54) is 0 Å². The summed E-state index contributed by atoms with van der Waals surface area (Å²) in [4.78, 5) is 32.9. The fourth-order valence-corrected chi connectivity index (χ4v) is 0.775. The van der Waals surface area contributed by atoms with Crippen LogP contribution in [0.15, 0.2) is 38.0 Å². The van der Waals surface area contributed by atoms with Crippen LogP contribution in [0.1, 0.15) is 0 Å². The average Bonchev–Trinajstić information content (AvgIpc) is 2.37. The van der Waals surface area contributed by atoms with Gasteiger partial charge in [0.05, 0.1) is 0 Å². The van der Waals surface area contributed by atoms with Gasteiger partial charge in [0.2, 0.25) is 0 Å². The maximum Gasteiger partial charge on any atom is 0.461 e. The van der Waals surface area contributed by atoms with Crippen molar-refractivity contribution in [2.24, 2.45) is 5.73 Å². The highest BCUT2D eigenvalue weighted by Crippen LogP contribution is 2.27. The Balaban J connectivity index is 5.46. The van der Waals surface area contributed by atoms with Crippen molar-refractivity contribution in [3.8, 4) is 0 Å². The van der Waals surface area contributed by atoms with E-state index >= 15 is 0 Å². The van der Waals surface area contributed by atoms with Crippen LogP contribution in [0.5, 0.6) is 0 Å². The Bertz CT molecular complexity index is 436. The van der Waals surface area contributed by atoms with Gasteiger partial charge in [0.25, 0.3) is 0 Å². The smallest absolute Gasteiger partial charge is 0.397 e. The van der Waals surface area contributed by atoms with E-state index in [-0.39, 0.29) is 0 Å². The molecule has 110 valence electrons.